The minimum Gasteiger partial charge on any atom is -0.369 e. The van der Waals surface area contributed by atoms with Gasteiger partial charge in [0.1, 0.15) is 5.92 Å². The molecule has 0 spiro atoms. The van der Waals surface area contributed by atoms with Crippen LogP contribution in [0.5, 0.6) is 0 Å². The maximum atomic E-state index is 13.3. The molecule has 2 aliphatic heterocycles. The summed E-state index contributed by atoms with van der Waals surface area (Å²) in [6.45, 7) is 6.19. The summed E-state index contributed by atoms with van der Waals surface area (Å²) in [5.74, 6) is -0.710. The van der Waals surface area contributed by atoms with Crippen molar-refractivity contribution in [3.63, 3.8) is 0 Å². The molecule has 4 atom stereocenters. The molecule has 35 heavy (non-hydrogen) atoms. The van der Waals surface area contributed by atoms with E-state index in [9.17, 15) is 9.59 Å². The van der Waals surface area contributed by atoms with Gasteiger partial charge < -0.3 is 21.3 Å². The predicted molar refractivity (Wildman–Crippen MR) is 138 cm³/mol. The van der Waals surface area contributed by atoms with Crippen molar-refractivity contribution in [2.24, 2.45) is 17.6 Å². The predicted octanol–water partition coefficient (Wildman–Crippen LogP) is 3.09. The molecule has 2 fully saturated rings. The molecule has 2 aromatic rings. The average molecular weight is 479 g/mol. The van der Waals surface area contributed by atoms with Gasteiger partial charge in [-0.1, -0.05) is 56.3 Å². The van der Waals surface area contributed by atoms with Crippen LogP contribution in [0, 0.1) is 11.8 Å². The van der Waals surface area contributed by atoms with Crippen LogP contribution >= 0.6 is 0 Å². The highest BCUT2D eigenvalue weighted by Gasteiger charge is 2.47. The van der Waals surface area contributed by atoms with E-state index in [-0.39, 0.29) is 17.9 Å². The van der Waals surface area contributed by atoms with Crippen molar-refractivity contribution in [3.8, 4) is 0 Å². The molecule has 0 saturated carbocycles. The third-order valence-corrected chi connectivity index (χ3v) is 6.86. The van der Waals surface area contributed by atoms with Crippen molar-refractivity contribution in [2.45, 2.75) is 51.6 Å². The molecule has 2 heterocycles. The first-order chi connectivity index (χ1) is 16.8. The van der Waals surface area contributed by atoms with Crippen molar-refractivity contribution < 1.29 is 9.59 Å². The Hall–Kier alpha value is -2.94. The summed E-state index contributed by atoms with van der Waals surface area (Å²) in [4.78, 5) is 29.0. The molecule has 2 aromatic carbocycles. The van der Waals surface area contributed by atoms with Crippen LogP contribution < -0.4 is 21.7 Å². The van der Waals surface area contributed by atoms with E-state index in [0.29, 0.717) is 19.1 Å². The Labute approximate surface area is 208 Å². The SMILES string of the molecule is CC(C)CN1C(=O)N(C)C(=O)C(C(NCc2ccc(C3CCCN3)cc2)Nc2ccccc2)C1N. The van der Waals surface area contributed by atoms with Gasteiger partial charge in [-0.3, -0.25) is 15.0 Å². The maximum Gasteiger partial charge on any atom is 0.327 e. The number of hydrogen-bond donors (Lipinski definition) is 4. The number of rotatable bonds is 9. The number of urea groups is 1. The average Bonchev–Trinajstić information content (AvgIpc) is 3.40. The Balaban J connectivity index is 1.54. The molecular formula is C27H38N6O2. The van der Waals surface area contributed by atoms with Crippen molar-refractivity contribution in [3.05, 3.63) is 65.7 Å². The number of hydrogen-bond acceptors (Lipinski definition) is 6. The molecule has 188 valence electrons. The Morgan fingerprint density at radius 3 is 2.43 bits per heavy atom. The van der Waals surface area contributed by atoms with Crippen molar-refractivity contribution in [1.82, 2.24) is 20.4 Å². The summed E-state index contributed by atoms with van der Waals surface area (Å²) < 4.78 is 0. The third kappa shape index (κ3) is 5.83. The lowest BCUT2D eigenvalue weighted by atomic mass is 9.95. The van der Waals surface area contributed by atoms with Crippen LogP contribution in [0.2, 0.25) is 0 Å². The van der Waals surface area contributed by atoms with E-state index in [1.54, 1.807) is 4.90 Å². The fourth-order valence-electron chi connectivity index (χ4n) is 4.96. The number of nitrogens with one attached hydrogen (secondary N) is 3. The number of carbonyl (C=O) groups is 2. The van der Waals surface area contributed by atoms with Crippen LogP contribution in [0.1, 0.15) is 43.9 Å². The van der Waals surface area contributed by atoms with E-state index in [2.05, 4.69) is 40.2 Å². The molecule has 5 N–H and O–H groups in total. The van der Waals surface area contributed by atoms with Gasteiger partial charge in [0.25, 0.3) is 0 Å². The highest BCUT2D eigenvalue weighted by atomic mass is 16.2. The highest BCUT2D eigenvalue weighted by Crippen LogP contribution is 2.26. The number of imide groups is 1. The lowest BCUT2D eigenvalue weighted by molar-refractivity contribution is -0.138. The number of anilines is 1. The number of amides is 3. The first-order valence-corrected chi connectivity index (χ1v) is 12.6. The summed E-state index contributed by atoms with van der Waals surface area (Å²) in [7, 11) is 1.53. The van der Waals surface area contributed by atoms with E-state index in [1.165, 1.54) is 30.4 Å². The van der Waals surface area contributed by atoms with Crippen molar-refractivity contribution in [2.75, 3.05) is 25.5 Å². The summed E-state index contributed by atoms with van der Waals surface area (Å²) >= 11 is 0. The monoisotopic (exact) mass is 478 g/mol. The second-order valence-corrected chi connectivity index (χ2v) is 10.0. The Morgan fingerprint density at radius 2 is 1.80 bits per heavy atom. The molecule has 8 nitrogen and oxygen atoms in total. The molecule has 0 radical (unpaired) electrons. The van der Waals surface area contributed by atoms with Gasteiger partial charge in [-0.15, -0.1) is 0 Å². The number of para-hydroxylation sites is 1. The van der Waals surface area contributed by atoms with Crippen LogP contribution in [-0.2, 0) is 11.3 Å². The van der Waals surface area contributed by atoms with E-state index >= 15 is 0 Å². The molecule has 8 heteroatoms. The standard InChI is InChI=1S/C27H38N6O2/c1-18(2)17-33-24(28)23(26(34)32(3)27(33)35)25(31-21-8-5-4-6-9-21)30-16-19-11-13-20(14-12-19)22-10-7-15-29-22/h4-6,8-9,11-14,18,22-25,29-31H,7,10,15-17,28H2,1-3H3. The first-order valence-electron chi connectivity index (χ1n) is 12.6. The zero-order valence-electron chi connectivity index (χ0n) is 20.9. The molecule has 0 aliphatic carbocycles. The van der Waals surface area contributed by atoms with Crippen LogP contribution in [0.4, 0.5) is 10.5 Å². The minimum atomic E-state index is -0.738. The van der Waals surface area contributed by atoms with Gasteiger partial charge in [0.05, 0.1) is 12.3 Å². The first kappa shape index (κ1) is 25.2. The van der Waals surface area contributed by atoms with Gasteiger partial charge in [0.15, 0.2) is 0 Å². The van der Waals surface area contributed by atoms with Gasteiger partial charge in [-0.2, -0.15) is 0 Å². The van der Waals surface area contributed by atoms with E-state index in [1.807, 2.05) is 44.2 Å². The number of benzene rings is 2. The molecule has 3 amide bonds. The summed E-state index contributed by atoms with van der Waals surface area (Å²) in [5, 5.41) is 10.5. The van der Waals surface area contributed by atoms with Gasteiger partial charge in [-0.05, 0) is 48.6 Å². The van der Waals surface area contributed by atoms with E-state index < -0.39 is 18.2 Å². The molecular weight excluding hydrogens is 440 g/mol. The Bertz CT molecular complexity index is 990. The van der Waals surface area contributed by atoms with E-state index in [4.69, 9.17) is 5.73 Å². The third-order valence-electron chi connectivity index (χ3n) is 6.86. The molecule has 4 unspecified atom stereocenters. The number of nitrogens with two attached hydrogens (primary N) is 1. The van der Waals surface area contributed by atoms with Gasteiger partial charge >= 0.3 is 6.03 Å². The molecule has 0 aromatic heterocycles. The topological polar surface area (TPSA) is 103 Å². The smallest absolute Gasteiger partial charge is 0.327 e. The Kier molecular flexibility index (Phi) is 8.05. The molecule has 2 saturated heterocycles. The summed E-state index contributed by atoms with van der Waals surface area (Å²) in [5.41, 5.74) is 9.90. The highest BCUT2D eigenvalue weighted by molar-refractivity contribution is 5.98. The van der Waals surface area contributed by atoms with Gasteiger partial charge in [0.2, 0.25) is 5.91 Å². The molecule has 4 rings (SSSR count). The second-order valence-electron chi connectivity index (χ2n) is 10.0. The Morgan fingerprint density at radius 1 is 1.09 bits per heavy atom. The maximum absolute atomic E-state index is 13.3. The zero-order valence-corrected chi connectivity index (χ0v) is 20.9. The van der Waals surface area contributed by atoms with Gasteiger partial charge in [-0.25, -0.2) is 4.79 Å². The number of nitrogens with zero attached hydrogens (tertiary/aromatic N) is 2. The summed E-state index contributed by atoms with van der Waals surface area (Å²) in [6.07, 6.45) is 1.17. The zero-order chi connectivity index (χ0) is 24.9. The molecule has 0 bridgehead atoms. The normalized spacial score (nSPS) is 23.7. The van der Waals surface area contributed by atoms with Crippen molar-refractivity contribution >= 4 is 17.6 Å². The second kappa shape index (κ2) is 11.2. The largest absolute Gasteiger partial charge is 0.369 e. The lowest BCUT2D eigenvalue weighted by Gasteiger charge is -2.45. The van der Waals surface area contributed by atoms with E-state index in [0.717, 1.165) is 17.8 Å². The van der Waals surface area contributed by atoms with Crippen LogP contribution in [0.3, 0.4) is 0 Å². The van der Waals surface area contributed by atoms with Crippen LogP contribution in [-0.4, -0.2) is 54.2 Å². The molecule has 2 aliphatic rings. The van der Waals surface area contributed by atoms with Crippen molar-refractivity contribution in [1.29, 1.82) is 0 Å². The summed E-state index contributed by atoms with van der Waals surface area (Å²) in [6, 6.07) is 18.4. The van der Waals surface area contributed by atoms with Crippen LogP contribution in [0.15, 0.2) is 54.6 Å². The quantitative estimate of drug-likeness (QED) is 0.413. The number of carbonyl (C=O) groups excluding carboxylic acids is 2. The lowest BCUT2D eigenvalue weighted by Crippen LogP contribution is -2.69. The van der Waals surface area contributed by atoms with Gasteiger partial charge in [0, 0.05) is 31.9 Å². The minimum absolute atomic E-state index is 0.230. The fraction of sp³-hybridized carbons (Fsp3) is 0.481. The van der Waals surface area contributed by atoms with Crippen LogP contribution in [0.25, 0.3) is 0 Å². The fourth-order valence-corrected chi connectivity index (χ4v) is 4.96.